The van der Waals surface area contributed by atoms with Crippen molar-refractivity contribution in [2.75, 3.05) is 0 Å². The van der Waals surface area contributed by atoms with Crippen molar-refractivity contribution in [2.24, 2.45) is 5.73 Å². The molecular weight excluding hydrogens is 202 g/mol. The molecule has 0 aliphatic carbocycles. The average Bonchev–Trinajstić information content (AvgIpc) is 2.80. The molecule has 0 aliphatic heterocycles. The number of amides is 1. The van der Waals surface area contributed by atoms with Gasteiger partial charge in [-0.2, -0.15) is 0 Å². The van der Waals surface area contributed by atoms with Crippen LogP contribution in [0.15, 0.2) is 43.0 Å². The Morgan fingerprint density at radius 2 is 2.06 bits per heavy atom. The lowest BCUT2D eigenvalue weighted by atomic mass is 10.1. The number of hydrogen-bond donors (Lipinski definition) is 1. The van der Waals surface area contributed by atoms with Crippen LogP contribution in [0.5, 0.6) is 0 Å². The van der Waals surface area contributed by atoms with Crippen LogP contribution in [0.1, 0.15) is 15.9 Å². The smallest absolute Gasteiger partial charge is 0.248 e. The summed E-state index contributed by atoms with van der Waals surface area (Å²) in [7, 11) is 0. The van der Waals surface area contributed by atoms with Gasteiger partial charge in [0, 0.05) is 24.5 Å². The zero-order valence-electron chi connectivity index (χ0n) is 8.84. The van der Waals surface area contributed by atoms with Crippen LogP contribution in [0.2, 0.25) is 0 Å². The van der Waals surface area contributed by atoms with Gasteiger partial charge in [0.15, 0.2) is 0 Å². The van der Waals surface area contributed by atoms with Gasteiger partial charge in [0.25, 0.3) is 0 Å². The lowest BCUT2D eigenvalue weighted by Gasteiger charge is -2.03. The van der Waals surface area contributed by atoms with Gasteiger partial charge in [-0.15, -0.1) is 0 Å². The molecule has 4 nitrogen and oxygen atoms in total. The Hall–Kier alpha value is -2.10. The number of primary amides is 1. The molecule has 0 spiro atoms. The number of aryl methyl sites for hydroxylation is 2. The zero-order valence-corrected chi connectivity index (χ0v) is 8.84. The van der Waals surface area contributed by atoms with Gasteiger partial charge in [0.2, 0.25) is 5.91 Å². The monoisotopic (exact) mass is 215 g/mol. The Labute approximate surface area is 93.7 Å². The van der Waals surface area contributed by atoms with Gasteiger partial charge in [-0.1, -0.05) is 12.1 Å². The van der Waals surface area contributed by atoms with E-state index in [0.29, 0.717) is 5.56 Å². The summed E-state index contributed by atoms with van der Waals surface area (Å²) in [5, 5.41) is 0. The molecule has 1 aromatic heterocycles. The summed E-state index contributed by atoms with van der Waals surface area (Å²) in [6.45, 7) is 0.885. The van der Waals surface area contributed by atoms with E-state index in [9.17, 15) is 4.79 Å². The van der Waals surface area contributed by atoms with E-state index >= 15 is 0 Å². The molecule has 1 heterocycles. The molecule has 0 unspecified atom stereocenters. The predicted molar refractivity (Wildman–Crippen MR) is 60.9 cm³/mol. The fourth-order valence-corrected chi connectivity index (χ4v) is 1.51. The van der Waals surface area contributed by atoms with Crippen LogP contribution < -0.4 is 5.73 Å². The largest absolute Gasteiger partial charge is 0.366 e. The van der Waals surface area contributed by atoms with Crippen LogP contribution in [0.4, 0.5) is 0 Å². The van der Waals surface area contributed by atoms with E-state index in [0.717, 1.165) is 13.0 Å². The molecule has 4 heteroatoms. The fourth-order valence-electron chi connectivity index (χ4n) is 1.51. The van der Waals surface area contributed by atoms with Crippen molar-refractivity contribution in [3.05, 3.63) is 54.1 Å². The summed E-state index contributed by atoms with van der Waals surface area (Å²) in [6, 6.07) is 7.37. The van der Waals surface area contributed by atoms with Crippen molar-refractivity contribution in [2.45, 2.75) is 13.0 Å². The second-order valence-electron chi connectivity index (χ2n) is 3.61. The molecule has 1 amide bonds. The molecule has 0 radical (unpaired) electrons. The number of carbonyl (C=O) groups excluding carboxylic acids is 1. The van der Waals surface area contributed by atoms with Crippen LogP contribution in [0, 0.1) is 0 Å². The van der Waals surface area contributed by atoms with E-state index in [1.807, 2.05) is 22.9 Å². The lowest BCUT2D eigenvalue weighted by molar-refractivity contribution is 0.100. The molecule has 82 valence electrons. The minimum Gasteiger partial charge on any atom is -0.366 e. The highest BCUT2D eigenvalue weighted by Gasteiger charge is 1.99. The minimum atomic E-state index is -0.388. The van der Waals surface area contributed by atoms with Gasteiger partial charge >= 0.3 is 0 Å². The first-order chi connectivity index (χ1) is 7.75. The number of benzene rings is 1. The van der Waals surface area contributed by atoms with E-state index < -0.39 is 0 Å². The summed E-state index contributed by atoms with van der Waals surface area (Å²) in [4.78, 5) is 14.8. The molecule has 0 saturated carbocycles. The normalized spacial score (nSPS) is 10.2. The molecule has 0 aliphatic rings. The highest BCUT2D eigenvalue weighted by Crippen LogP contribution is 2.05. The number of nitrogens with zero attached hydrogens (tertiary/aromatic N) is 2. The quantitative estimate of drug-likeness (QED) is 0.833. The van der Waals surface area contributed by atoms with Crippen LogP contribution >= 0.6 is 0 Å². The van der Waals surface area contributed by atoms with E-state index in [4.69, 9.17) is 5.73 Å². The summed E-state index contributed by atoms with van der Waals surface area (Å²) in [5.74, 6) is -0.388. The Bertz CT molecular complexity index is 460. The Morgan fingerprint density at radius 1 is 1.31 bits per heavy atom. The van der Waals surface area contributed by atoms with Gasteiger partial charge in [0.1, 0.15) is 0 Å². The molecule has 16 heavy (non-hydrogen) atoms. The third kappa shape index (κ3) is 2.48. The second kappa shape index (κ2) is 4.61. The summed E-state index contributed by atoms with van der Waals surface area (Å²) in [5.41, 5.74) is 6.89. The third-order valence-electron chi connectivity index (χ3n) is 2.46. The maximum absolute atomic E-state index is 10.9. The molecule has 0 atom stereocenters. The van der Waals surface area contributed by atoms with E-state index in [2.05, 4.69) is 4.98 Å². The predicted octanol–water partition coefficient (Wildman–Crippen LogP) is 1.22. The third-order valence-corrected chi connectivity index (χ3v) is 2.46. The van der Waals surface area contributed by atoms with Gasteiger partial charge in [-0.3, -0.25) is 4.79 Å². The molecular formula is C12H13N3O. The lowest BCUT2D eigenvalue weighted by Crippen LogP contribution is -2.10. The first-order valence-corrected chi connectivity index (χ1v) is 5.10. The van der Waals surface area contributed by atoms with Crippen molar-refractivity contribution >= 4 is 5.91 Å². The van der Waals surface area contributed by atoms with Crippen LogP contribution in [-0.2, 0) is 13.0 Å². The summed E-state index contributed by atoms with van der Waals surface area (Å²) in [6.07, 6.45) is 6.39. The van der Waals surface area contributed by atoms with Crippen LogP contribution in [0.3, 0.4) is 0 Å². The fraction of sp³-hybridized carbons (Fsp3) is 0.167. The summed E-state index contributed by atoms with van der Waals surface area (Å²) < 4.78 is 2.02. The number of nitrogens with two attached hydrogens (primary N) is 1. The minimum absolute atomic E-state index is 0.388. The van der Waals surface area contributed by atoms with Crippen LogP contribution in [0.25, 0.3) is 0 Å². The van der Waals surface area contributed by atoms with Crippen molar-refractivity contribution in [1.29, 1.82) is 0 Å². The standard InChI is InChI=1S/C12H13N3O/c13-12(16)11-3-1-10(2-4-11)5-7-15-8-6-14-9-15/h1-4,6,8-9H,5,7H2,(H2,13,16). The van der Waals surface area contributed by atoms with Crippen molar-refractivity contribution < 1.29 is 4.79 Å². The molecule has 0 fully saturated rings. The molecule has 0 saturated heterocycles. The number of hydrogen-bond acceptors (Lipinski definition) is 2. The Kier molecular flexibility index (Phi) is 3.00. The van der Waals surface area contributed by atoms with Gasteiger partial charge in [-0.25, -0.2) is 4.98 Å². The van der Waals surface area contributed by atoms with Gasteiger partial charge in [-0.05, 0) is 24.1 Å². The van der Waals surface area contributed by atoms with E-state index in [1.165, 1.54) is 5.56 Å². The number of imidazole rings is 1. The van der Waals surface area contributed by atoms with Crippen molar-refractivity contribution in [3.63, 3.8) is 0 Å². The Morgan fingerprint density at radius 3 is 2.62 bits per heavy atom. The van der Waals surface area contributed by atoms with E-state index in [-0.39, 0.29) is 5.91 Å². The molecule has 2 aromatic rings. The highest BCUT2D eigenvalue weighted by molar-refractivity contribution is 5.92. The number of rotatable bonds is 4. The van der Waals surface area contributed by atoms with E-state index in [1.54, 1.807) is 24.7 Å². The van der Waals surface area contributed by atoms with Gasteiger partial charge < -0.3 is 10.3 Å². The first-order valence-electron chi connectivity index (χ1n) is 5.10. The SMILES string of the molecule is NC(=O)c1ccc(CCn2ccnc2)cc1. The Balaban J connectivity index is 1.98. The number of carbonyl (C=O) groups is 1. The molecule has 1 aromatic carbocycles. The highest BCUT2D eigenvalue weighted by atomic mass is 16.1. The maximum Gasteiger partial charge on any atom is 0.248 e. The molecule has 0 bridgehead atoms. The maximum atomic E-state index is 10.9. The zero-order chi connectivity index (χ0) is 11.4. The van der Waals surface area contributed by atoms with Crippen molar-refractivity contribution in [1.82, 2.24) is 9.55 Å². The second-order valence-corrected chi connectivity index (χ2v) is 3.61. The van der Waals surface area contributed by atoms with Gasteiger partial charge in [0.05, 0.1) is 6.33 Å². The first kappa shape index (κ1) is 10.4. The van der Waals surface area contributed by atoms with Crippen molar-refractivity contribution in [3.8, 4) is 0 Å². The number of aromatic nitrogens is 2. The summed E-state index contributed by atoms with van der Waals surface area (Å²) >= 11 is 0. The topological polar surface area (TPSA) is 60.9 Å². The van der Waals surface area contributed by atoms with Crippen LogP contribution in [-0.4, -0.2) is 15.5 Å². The average molecular weight is 215 g/mol. The molecule has 2 N–H and O–H groups in total. The molecule has 2 rings (SSSR count).